The zero-order valence-electron chi connectivity index (χ0n) is 9.63. The summed E-state index contributed by atoms with van der Waals surface area (Å²) in [4.78, 5) is 13.3. The molecule has 0 bridgehead atoms. The number of hydrogen-bond acceptors (Lipinski definition) is 4. The van der Waals surface area contributed by atoms with Crippen LogP contribution in [-0.4, -0.2) is 15.5 Å². The van der Waals surface area contributed by atoms with E-state index in [9.17, 15) is 9.18 Å². The summed E-state index contributed by atoms with van der Waals surface area (Å²) in [5.74, 6) is 0.358. The van der Waals surface area contributed by atoms with Crippen LogP contribution in [0, 0.1) is 5.82 Å². The zero-order valence-corrected chi connectivity index (χ0v) is 11.3. The van der Waals surface area contributed by atoms with Gasteiger partial charge in [-0.1, -0.05) is 13.0 Å². The van der Waals surface area contributed by atoms with Crippen LogP contribution in [0.3, 0.4) is 0 Å². The van der Waals surface area contributed by atoms with Crippen molar-refractivity contribution in [3.8, 4) is 5.69 Å². The number of aromatic nitrogens is 2. The van der Waals surface area contributed by atoms with E-state index >= 15 is 0 Å². The monoisotopic (exact) mass is 282 g/mol. The van der Waals surface area contributed by atoms with Gasteiger partial charge in [-0.25, -0.2) is 4.39 Å². The maximum Gasteiger partial charge on any atom is 0.286 e. The third-order valence-corrected chi connectivity index (χ3v) is 3.72. The first-order valence-corrected chi connectivity index (χ1v) is 6.76. The maximum atomic E-state index is 13.1. The fraction of sp³-hybridized carbons (Fsp3) is 0.167. The highest BCUT2D eigenvalue weighted by atomic mass is 32.2. The fourth-order valence-electron chi connectivity index (χ4n) is 1.50. The predicted molar refractivity (Wildman–Crippen MR) is 73.4 cm³/mol. The molecule has 0 amide bonds. The van der Waals surface area contributed by atoms with E-state index in [0.717, 1.165) is 5.75 Å². The molecule has 18 heavy (non-hydrogen) atoms. The van der Waals surface area contributed by atoms with Gasteiger partial charge in [0.15, 0.2) is 0 Å². The van der Waals surface area contributed by atoms with Crippen LogP contribution in [0.2, 0.25) is 0 Å². The summed E-state index contributed by atoms with van der Waals surface area (Å²) in [6, 6.07) is 5.77. The summed E-state index contributed by atoms with van der Waals surface area (Å²) in [5, 5.41) is 3.98. The number of benzene rings is 1. The number of halogens is 1. The van der Waals surface area contributed by atoms with Gasteiger partial charge < -0.3 is 0 Å². The van der Waals surface area contributed by atoms with Gasteiger partial charge in [0.1, 0.15) is 5.82 Å². The van der Waals surface area contributed by atoms with E-state index < -0.39 is 5.82 Å². The van der Waals surface area contributed by atoms with Crippen molar-refractivity contribution >= 4 is 24.4 Å². The largest absolute Gasteiger partial charge is 0.286 e. The normalized spacial score (nSPS) is 10.6. The molecule has 2 aromatic rings. The van der Waals surface area contributed by atoms with Gasteiger partial charge in [-0.2, -0.15) is 9.78 Å². The molecule has 0 saturated carbocycles. The maximum absolute atomic E-state index is 13.1. The Morgan fingerprint density at radius 3 is 2.94 bits per heavy atom. The minimum atomic E-state index is -0.402. The van der Waals surface area contributed by atoms with Gasteiger partial charge in [-0.05, 0) is 24.0 Å². The van der Waals surface area contributed by atoms with Gasteiger partial charge in [0.05, 0.1) is 16.8 Å². The van der Waals surface area contributed by atoms with Gasteiger partial charge in [-0.15, -0.1) is 24.4 Å². The molecule has 94 valence electrons. The molecule has 1 aromatic heterocycles. The highest BCUT2D eigenvalue weighted by molar-refractivity contribution is 7.99. The van der Waals surface area contributed by atoms with E-state index in [4.69, 9.17) is 0 Å². The Labute approximate surface area is 113 Å². The summed E-state index contributed by atoms with van der Waals surface area (Å²) in [5.41, 5.74) is 0.131. The van der Waals surface area contributed by atoms with Gasteiger partial charge in [0.25, 0.3) is 5.56 Å². The van der Waals surface area contributed by atoms with Crippen LogP contribution in [0.5, 0.6) is 0 Å². The van der Waals surface area contributed by atoms with Crippen molar-refractivity contribution in [2.24, 2.45) is 0 Å². The van der Waals surface area contributed by atoms with Crippen molar-refractivity contribution < 1.29 is 4.39 Å². The molecule has 2 rings (SSSR count). The summed E-state index contributed by atoms with van der Waals surface area (Å²) < 4.78 is 14.3. The topological polar surface area (TPSA) is 34.9 Å². The molecular formula is C12H11FN2OS2. The molecule has 1 heterocycles. The van der Waals surface area contributed by atoms with Crippen LogP contribution in [0.4, 0.5) is 4.39 Å². The Morgan fingerprint density at radius 1 is 1.50 bits per heavy atom. The van der Waals surface area contributed by atoms with Crippen molar-refractivity contribution in [2.45, 2.75) is 16.7 Å². The molecule has 0 spiro atoms. The van der Waals surface area contributed by atoms with E-state index in [1.165, 1.54) is 34.8 Å². The Hall–Kier alpha value is -1.27. The molecule has 0 aliphatic carbocycles. The molecule has 0 radical (unpaired) electrons. The van der Waals surface area contributed by atoms with E-state index in [-0.39, 0.29) is 5.56 Å². The summed E-state index contributed by atoms with van der Waals surface area (Å²) >= 11 is 5.61. The first-order chi connectivity index (χ1) is 8.63. The second kappa shape index (κ2) is 5.58. The SMILES string of the molecule is CCSc1c(S)cnn(-c2cccc(F)c2)c1=O. The first kappa shape index (κ1) is 13.2. The van der Waals surface area contributed by atoms with Crippen LogP contribution in [-0.2, 0) is 0 Å². The van der Waals surface area contributed by atoms with Crippen molar-refractivity contribution in [3.05, 3.63) is 46.6 Å². The van der Waals surface area contributed by atoms with Gasteiger partial charge >= 0.3 is 0 Å². The lowest BCUT2D eigenvalue weighted by Gasteiger charge is -2.08. The molecule has 0 N–H and O–H groups in total. The number of hydrogen-bond donors (Lipinski definition) is 1. The third-order valence-electron chi connectivity index (χ3n) is 2.26. The minimum absolute atomic E-state index is 0.278. The predicted octanol–water partition coefficient (Wildman–Crippen LogP) is 2.77. The standard InChI is InChI=1S/C12H11FN2OS2/c1-2-18-11-10(17)7-14-15(12(11)16)9-5-3-4-8(13)6-9/h3-7,17H,2H2,1H3. The quantitative estimate of drug-likeness (QED) is 0.694. The van der Waals surface area contributed by atoms with Gasteiger partial charge in [0.2, 0.25) is 0 Å². The molecular weight excluding hydrogens is 271 g/mol. The lowest BCUT2D eigenvalue weighted by molar-refractivity contribution is 0.623. The minimum Gasteiger partial charge on any atom is -0.266 e. The van der Waals surface area contributed by atoms with Crippen LogP contribution >= 0.6 is 24.4 Å². The molecule has 0 unspecified atom stereocenters. The molecule has 0 atom stereocenters. The van der Waals surface area contributed by atoms with Crippen molar-refractivity contribution in [2.75, 3.05) is 5.75 Å². The second-order valence-electron chi connectivity index (χ2n) is 3.49. The number of rotatable bonds is 3. The molecule has 0 aliphatic rings. The molecule has 6 heteroatoms. The fourth-order valence-corrected chi connectivity index (χ4v) is 2.54. The average molecular weight is 282 g/mol. The lowest BCUT2D eigenvalue weighted by atomic mass is 10.3. The third kappa shape index (κ3) is 2.59. The molecule has 0 saturated heterocycles. The average Bonchev–Trinajstić information content (AvgIpc) is 2.34. The highest BCUT2D eigenvalue weighted by Crippen LogP contribution is 2.21. The van der Waals surface area contributed by atoms with Gasteiger partial charge in [0, 0.05) is 4.90 Å². The number of nitrogens with zero attached hydrogens (tertiary/aromatic N) is 2. The van der Waals surface area contributed by atoms with E-state index in [2.05, 4.69) is 17.7 Å². The van der Waals surface area contributed by atoms with Crippen LogP contribution in [0.25, 0.3) is 5.69 Å². The summed E-state index contributed by atoms with van der Waals surface area (Å²) in [7, 11) is 0. The molecule has 1 aromatic carbocycles. The Morgan fingerprint density at radius 2 is 2.28 bits per heavy atom. The highest BCUT2D eigenvalue weighted by Gasteiger charge is 2.10. The van der Waals surface area contributed by atoms with Gasteiger partial charge in [-0.3, -0.25) is 4.79 Å². The van der Waals surface area contributed by atoms with E-state index in [1.54, 1.807) is 12.1 Å². The molecule has 3 nitrogen and oxygen atoms in total. The van der Waals surface area contributed by atoms with Crippen molar-refractivity contribution in [1.29, 1.82) is 0 Å². The second-order valence-corrected chi connectivity index (χ2v) is 5.24. The smallest absolute Gasteiger partial charge is 0.266 e. The Bertz CT molecular complexity index is 628. The van der Waals surface area contributed by atoms with E-state index in [1.807, 2.05) is 6.92 Å². The van der Waals surface area contributed by atoms with Crippen LogP contribution in [0.15, 0.2) is 45.0 Å². The Balaban J connectivity index is 2.59. The van der Waals surface area contributed by atoms with Crippen LogP contribution in [0.1, 0.15) is 6.92 Å². The number of thiol groups is 1. The first-order valence-electron chi connectivity index (χ1n) is 5.33. The summed E-state index contributed by atoms with van der Waals surface area (Å²) in [6.45, 7) is 1.95. The Kier molecular flexibility index (Phi) is 4.08. The van der Waals surface area contributed by atoms with Crippen LogP contribution < -0.4 is 5.56 Å². The number of thioether (sulfide) groups is 1. The van der Waals surface area contributed by atoms with Crippen molar-refractivity contribution in [3.63, 3.8) is 0 Å². The molecule has 0 fully saturated rings. The zero-order chi connectivity index (χ0) is 13.1. The van der Waals surface area contributed by atoms with E-state index in [0.29, 0.717) is 15.5 Å². The summed E-state index contributed by atoms with van der Waals surface area (Å²) in [6.07, 6.45) is 1.49. The molecule has 0 aliphatic heterocycles. The lowest BCUT2D eigenvalue weighted by Crippen LogP contribution is -2.23. The van der Waals surface area contributed by atoms with Crippen molar-refractivity contribution in [1.82, 2.24) is 9.78 Å².